The summed E-state index contributed by atoms with van der Waals surface area (Å²) in [6.45, 7) is 7.01. The maximum absolute atomic E-state index is 13.5. The topological polar surface area (TPSA) is 161 Å². The minimum absolute atomic E-state index is 0.0465. The monoisotopic (exact) mass is 550 g/mol. The van der Waals surface area contributed by atoms with Gasteiger partial charge in [0.25, 0.3) is 11.8 Å². The first kappa shape index (κ1) is 29.5. The van der Waals surface area contributed by atoms with Gasteiger partial charge in [-0.15, -0.1) is 0 Å². The molecule has 0 spiro atoms. The van der Waals surface area contributed by atoms with Crippen molar-refractivity contribution < 1.29 is 33.4 Å². The summed E-state index contributed by atoms with van der Waals surface area (Å²) >= 11 is 0. The smallest absolute Gasteiger partial charge is 0.419 e. The van der Waals surface area contributed by atoms with Gasteiger partial charge >= 0.3 is 12.1 Å². The molecule has 13 heteroatoms. The molecule has 0 aliphatic heterocycles. The summed E-state index contributed by atoms with van der Waals surface area (Å²) in [7, 11) is 0. The van der Waals surface area contributed by atoms with Gasteiger partial charge in [0.05, 0.1) is 5.56 Å². The van der Waals surface area contributed by atoms with E-state index in [0.717, 1.165) is 22.6 Å². The van der Waals surface area contributed by atoms with Crippen LogP contribution in [0.3, 0.4) is 0 Å². The number of carbonyl (C=O) groups is 5. The van der Waals surface area contributed by atoms with E-state index in [9.17, 15) is 24.0 Å². The highest BCUT2D eigenvalue weighted by Crippen LogP contribution is 2.28. The lowest BCUT2D eigenvalue weighted by molar-refractivity contribution is -0.146. The van der Waals surface area contributed by atoms with E-state index in [2.05, 4.69) is 20.7 Å². The van der Waals surface area contributed by atoms with Crippen LogP contribution in [0.4, 0.5) is 16.3 Å². The zero-order chi connectivity index (χ0) is 29.2. The van der Waals surface area contributed by atoms with E-state index < -0.39 is 24.8 Å². The Labute approximate surface area is 230 Å². The summed E-state index contributed by atoms with van der Waals surface area (Å²) in [5, 5.41) is 10.2. The van der Waals surface area contributed by atoms with E-state index >= 15 is 0 Å². The van der Waals surface area contributed by atoms with Gasteiger partial charge in [0.2, 0.25) is 6.79 Å². The lowest BCUT2D eigenvalue weighted by Crippen LogP contribution is -2.38. The first-order valence-electron chi connectivity index (χ1n) is 12.5. The predicted molar refractivity (Wildman–Crippen MR) is 144 cm³/mol. The van der Waals surface area contributed by atoms with Crippen LogP contribution >= 0.6 is 0 Å². The summed E-state index contributed by atoms with van der Waals surface area (Å²) in [5.41, 5.74) is 3.17. The van der Waals surface area contributed by atoms with Crippen LogP contribution in [0.2, 0.25) is 0 Å². The molecule has 0 fully saturated rings. The Morgan fingerprint density at radius 1 is 1.12 bits per heavy atom. The Morgan fingerprint density at radius 2 is 1.90 bits per heavy atom. The van der Waals surface area contributed by atoms with Crippen molar-refractivity contribution in [2.75, 3.05) is 25.2 Å². The number of aryl methyl sites for hydroxylation is 2. The molecule has 0 bridgehead atoms. The van der Waals surface area contributed by atoms with Crippen LogP contribution in [-0.2, 0) is 19.1 Å². The summed E-state index contributed by atoms with van der Waals surface area (Å²) in [4.78, 5) is 65.5. The summed E-state index contributed by atoms with van der Waals surface area (Å²) < 4.78 is 11.1. The molecule has 0 saturated carbocycles. The van der Waals surface area contributed by atoms with Gasteiger partial charge in [0.15, 0.2) is 5.82 Å². The SMILES string of the molecule is CCCN(C(=O)OCOC(=O)/C=C/C=O)C(=O)c1cn2ncnc(Nc3cc(C(=O)NCC)ccc3C)c2c1C. The van der Waals surface area contributed by atoms with Gasteiger partial charge in [-0.1, -0.05) is 13.0 Å². The fourth-order valence-corrected chi connectivity index (χ4v) is 3.78. The van der Waals surface area contributed by atoms with E-state index in [0.29, 0.717) is 47.4 Å². The first-order valence-corrected chi connectivity index (χ1v) is 12.5. The third kappa shape index (κ3) is 6.87. The fraction of sp³-hybridized carbons (Fsp3) is 0.296. The molecule has 0 aliphatic carbocycles. The fourth-order valence-electron chi connectivity index (χ4n) is 3.78. The number of nitrogens with zero attached hydrogens (tertiary/aromatic N) is 4. The molecule has 0 atom stereocenters. The second-order valence-electron chi connectivity index (χ2n) is 8.53. The highest BCUT2D eigenvalue weighted by atomic mass is 16.7. The molecule has 13 nitrogen and oxygen atoms in total. The molecule has 0 saturated heterocycles. The third-order valence-corrected chi connectivity index (χ3v) is 5.75. The molecule has 3 rings (SSSR count). The lowest BCUT2D eigenvalue weighted by Gasteiger charge is -2.19. The first-order chi connectivity index (χ1) is 19.2. The van der Waals surface area contributed by atoms with Crippen LogP contribution < -0.4 is 10.6 Å². The molecule has 3 aromatic rings. The van der Waals surface area contributed by atoms with Gasteiger partial charge in [-0.05, 0) is 56.5 Å². The van der Waals surface area contributed by atoms with Crippen LogP contribution in [0.25, 0.3) is 5.52 Å². The molecule has 0 radical (unpaired) electrons. The van der Waals surface area contributed by atoms with Crippen molar-refractivity contribution >= 4 is 47.2 Å². The lowest BCUT2D eigenvalue weighted by atomic mass is 10.1. The molecule has 3 amide bonds. The van der Waals surface area contributed by atoms with E-state index in [-0.39, 0.29) is 18.0 Å². The van der Waals surface area contributed by atoms with Crippen LogP contribution in [-0.4, -0.2) is 69.5 Å². The van der Waals surface area contributed by atoms with Crippen molar-refractivity contribution in [3.05, 3.63) is 65.1 Å². The minimum Gasteiger partial charge on any atom is -0.425 e. The number of rotatable bonds is 11. The summed E-state index contributed by atoms with van der Waals surface area (Å²) in [6.07, 6.45) is 4.45. The number of ether oxygens (including phenoxy) is 2. The molecule has 2 N–H and O–H groups in total. The number of nitrogens with one attached hydrogen (secondary N) is 2. The molecular weight excluding hydrogens is 520 g/mol. The Kier molecular flexibility index (Phi) is 10.1. The van der Waals surface area contributed by atoms with Crippen LogP contribution in [0.1, 0.15) is 52.1 Å². The number of anilines is 2. The average Bonchev–Trinajstić information content (AvgIpc) is 3.28. The van der Waals surface area contributed by atoms with Gasteiger partial charge < -0.3 is 20.1 Å². The van der Waals surface area contributed by atoms with Gasteiger partial charge in [0.1, 0.15) is 18.1 Å². The Morgan fingerprint density at radius 3 is 2.60 bits per heavy atom. The average molecular weight is 551 g/mol. The number of aldehydes is 1. The number of hydrogen-bond acceptors (Lipinski definition) is 10. The zero-order valence-electron chi connectivity index (χ0n) is 22.6. The van der Waals surface area contributed by atoms with E-state index in [1.807, 2.05) is 19.9 Å². The van der Waals surface area contributed by atoms with Crippen molar-refractivity contribution in [1.82, 2.24) is 24.8 Å². The number of aromatic nitrogens is 3. The van der Waals surface area contributed by atoms with Crippen molar-refractivity contribution in [3.8, 4) is 0 Å². The quantitative estimate of drug-likeness (QED) is 0.157. The Hall–Kier alpha value is -5.07. The minimum atomic E-state index is -1.00. The highest BCUT2D eigenvalue weighted by molar-refractivity contribution is 6.05. The van der Waals surface area contributed by atoms with Crippen molar-refractivity contribution in [2.45, 2.75) is 34.1 Å². The molecule has 40 heavy (non-hydrogen) atoms. The molecule has 0 aliphatic rings. The molecule has 0 unspecified atom stereocenters. The van der Waals surface area contributed by atoms with Gasteiger partial charge in [0, 0.05) is 36.6 Å². The van der Waals surface area contributed by atoms with Crippen LogP contribution in [0.15, 0.2) is 42.9 Å². The zero-order valence-corrected chi connectivity index (χ0v) is 22.6. The number of benzene rings is 1. The number of carbonyl (C=O) groups excluding carboxylic acids is 5. The maximum Gasteiger partial charge on any atom is 0.419 e. The number of hydrogen-bond donors (Lipinski definition) is 2. The van der Waals surface area contributed by atoms with Gasteiger partial charge in [-0.25, -0.2) is 24.0 Å². The normalized spacial score (nSPS) is 10.8. The Bertz CT molecular complexity index is 1460. The van der Waals surface area contributed by atoms with E-state index in [1.54, 1.807) is 26.0 Å². The molecule has 1 aromatic carbocycles. The molecule has 2 heterocycles. The standard InChI is InChI=1S/C27H30N6O7/c1-5-11-32(27(38)40-16-39-22(35)8-7-12-34)26(37)20-14-33-23(18(20)4)24(29-15-30-33)31-21-13-19(10-9-17(21)3)25(36)28-6-2/h7-10,12-15H,5-6,11,16H2,1-4H3,(H,28,36)(H,29,30,31)/b8-7+. The number of allylic oxidation sites excluding steroid dienone is 1. The highest BCUT2D eigenvalue weighted by Gasteiger charge is 2.28. The summed E-state index contributed by atoms with van der Waals surface area (Å²) in [6, 6.07) is 5.25. The predicted octanol–water partition coefficient (Wildman–Crippen LogP) is 3.08. The number of imide groups is 1. The second kappa shape index (κ2) is 13.6. The number of amides is 3. The molecular formula is C27H30N6O7. The van der Waals surface area contributed by atoms with Crippen LogP contribution in [0.5, 0.6) is 0 Å². The molecule has 210 valence electrons. The van der Waals surface area contributed by atoms with Gasteiger partial charge in [-0.2, -0.15) is 5.10 Å². The third-order valence-electron chi connectivity index (χ3n) is 5.75. The van der Waals surface area contributed by atoms with Crippen LogP contribution in [0, 0.1) is 13.8 Å². The van der Waals surface area contributed by atoms with Crippen molar-refractivity contribution in [1.29, 1.82) is 0 Å². The van der Waals surface area contributed by atoms with E-state index in [4.69, 9.17) is 9.47 Å². The summed E-state index contributed by atoms with van der Waals surface area (Å²) in [5.74, 6) is -1.33. The Balaban J connectivity index is 1.88. The maximum atomic E-state index is 13.5. The largest absolute Gasteiger partial charge is 0.425 e. The molecule has 2 aromatic heterocycles. The second-order valence-corrected chi connectivity index (χ2v) is 8.53. The van der Waals surface area contributed by atoms with E-state index in [1.165, 1.54) is 17.0 Å². The number of fused-ring (bicyclic) bond motifs is 1. The van der Waals surface area contributed by atoms with Crippen molar-refractivity contribution in [3.63, 3.8) is 0 Å². The number of esters is 1. The van der Waals surface area contributed by atoms with Crippen molar-refractivity contribution in [2.24, 2.45) is 0 Å². The van der Waals surface area contributed by atoms with Gasteiger partial charge in [-0.3, -0.25) is 14.4 Å².